The Hall–Kier alpha value is 0.270. The Kier molecular flexibility index (Phi) is 7.56. The molecule has 2 atom stereocenters. The zero-order valence-corrected chi connectivity index (χ0v) is 12.9. The molecule has 0 saturated carbocycles. The van der Waals surface area contributed by atoms with E-state index in [1.807, 2.05) is 0 Å². The second kappa shape index (κ2) is 8.39. The predicted molar refractivity (Wildman–Crippen MR) is 79.9 cm³/mol. The van der Waals surface area contributed by atoms with Gasteiger partial charge in [-0.1, -0.05) is 27.2 Å². The molecule has 1 heterocycles. The third-order valence-electron chi connectivity index (χ3n) is 3.69. The normalized spacial score (nSPS) is 26.6. The number of hydrogen-bond acceptors (Lipinski definition) is 3. The summed E-state index contributed by atoms with van der Waals surface area (Å²) in [6, 6.07) is 1.40. The summed E-state index contributed by atoms with van der Waals surface area (Å²) in [7, 11) is 0. The molecular formula is C14H30N2S. The summed E-state index contributed by atoms with van der Waals surface area (Å²) in [6.07, 6.45) is 4.05. The zero-order valence-electron chi connectivity index (χ0n) is 12.0. The van der Waals surface area contributed by atoms with E-state index in [1.54, 1.807) is 0 Å². The minimum absolute atomic E-state index is 0.634. The summed E-state index contributed by atoms with van der Waals surface area (Å²) in [5, 5.41) is 4.29. The Balaban J connectivity index is 2.02. The number of rotatable bonds is 7. The van der Waals surface area contributed by atoms with Crippen molar-refractivity contribution in [1.29, 1.82) is 0 Å². The van der Waals surface area contributed by atoms with Gasteiger partial charge in [0.1, 0.15) is 0 Å². The molecule has 0 spiro atoms. The second-order valence-corrected chi connectivity index (χ2v) is 7.01. The van der Waals surface area contributed by atoms with Crippen molar-refractivity contribution in [1.82, 2.24) is 10.2 Å². The van der Waals surface area contributed by atoms with Gasteiger partial charge >= 0.3 is 0 Å². The monoisotopic (exact) mass is 258 g/mol. The van der Waals surface area contributed by atoms with Crippen molar-refractivity contribution < 1.29 is 0 Å². The van der Waals surface area contributed by atoms with E-state index in [0.717, 1.165) is 11.3 Å². The molecule has 1 rings (SSSR count). The van der Waals surface area contributed by atoms with Crippen LogP contribution in [-0.2, 0) is 0 Å². The van der Waals surface area contributed by atoms with E-state index in [1.165, 1.54) is 44.6 Å². The lowest BCUT2D eigenvalue weighted by atomic mass is 10.1. The quantitative estimate of drug-likeness (QED) is 0.707. The smallest absolute Gasteiger partial charge is 0.0184 e. The van der Waals surface area contributed by atoms with E-state index in [2.05, 4.69) is 49.7 Å². The minimum atomic E-state index is 0.634. The highest BCUT2D eigenvalue weighted by molar-refractivity contribution is 8.00. The fourth-order valence-electron chi connectivity index (χ4n) is 2.32. The van der Waals surface area contributed by atoms with Crippen molar-refractivity contribution in [2.24, 2.45) is 0 Å². The lowest BCUT2D eigenvalue weighted by Gasteiger charge is -2.37. The molecule has 0 aromatic rings. The molecule has 3 heteroatoms. The molecular weight excluding hydrogens is 228 g/mol. The number of thioether (sulfide) groups is 1. The molecule has 0 amide bonds. The lowest BCUT2D eigenvalue weighted by molar-refractivity contribution is 0.208. The molecule has 1 N–H and O–H groups in total. The number of nitrogens with zero attached hydrogens (tertiary/aromatic N) is 1. The average molecular weight is 258 g/mol. The van der Waals surface area contributed by atoms with Crippen molar-refractivity contribution in [3.63, 3.8) is 0 Å². The van der Waals surface area contributed by atoms with Gasteiger partial charge in [0.2, 0.25) is 0 Å². The summed E-state index contributed by atoms with van der Waals surface area (Å²) in [6.45, 7) is 13.0. The first kappa shape index (κ1) is 15.3. The van der Waals surface area contributed by atoms with Gasteiger partial charge in [0.05, 0.1) is 0 Å². The van der Waals surface area contributed by atoms with E-state index in [4.69, 9.17) is 0 Å². The van der Waals surface area contributed by atoms with Crippen LogP contribution < -0.4 is 5.32 Å². The van der Waals surface area contributed by atoms with Crippen molar-refractivity contribution in [2.75, 3.05) is 25.4 Å². The van der Waals surface area contributed by atoms with Gasteiger partial charge < -0.3 is 5.32 Å². The van der Waals surface area contributed by atoms with Gasteiger partial charge in [-0.2, -0.15) is 11.8 Å². The average Bonchev–Trinajstić information content (AvgIpc) is 2.28. The molecule has 17 heavy (non-hydrogen) atoms. The maximum atomic E-state index is 3.48. The predicted octanol–water partition coefficient (Wildman–Crippen LogP) is 2.98. The Labute approximate surface area is 112 Å². The second-order valence-electron chi connectivity index (χ2n) is 5.52. The van der Waals surface area contributed by atoms with Crippen LogP contribution in [0.4, 0.5) is 0 Å². The van der Waals surface area contributed by atoms with Crippen LogP contribution in [0, 0.1) is 0 Å². The molecule has 0 bridgehead atoms. The summed E-state index contributed by atoms with van der Waals surface area (Å²) < 4.78 is 0. The Bertz CT molecular complexity index is 197. The van der Waals surface area contributed by atoms with Gasteiger partial charge in [0, 0.05) is 29.6 Å². The van der Waals surface area contributed by atoms with Gasteiger partial charge in [-0.15, -0.1) is 0 Å². The lowest BCUT2D eigenvalue weighted by Crippen LogP contribution is -2.44. The summed E-state index contributed by atoms with van der Waals surface area (Å²) in [5.41, 5.74) is 0. The maximum Gasteiger partial charge on any atom is 0.0184 e. The molecule has 0 radical (unpaired) electrons. The van der Waals surface area contributed by atoms with Crippen LogP contribution in [-0.4, -0.2) is 47.6 Å². The first-order valence-electron chi connectivity index (χ1n) is 7.20. The molecule has 1 saturated heterocycles. The van der Waals surface area contributed by atoms with E-state index in [0.29, 0.717) is 6.04 Å². The van der Waals surface area contributed by atoms with Crippen LogP contribution in [0.25, 0.3) is 0 Å². The molecule has 2 nitrogen and oxygen atoms in total. The first-order chi connectivity index (χ1) is 8.11. The van der Waals surface area contributed by atoms with Crippen LogP contribution in [0.1, 0.15) is 47.0 Å². The molecule has 1 aliphatic heterocycles. The highest BCUT2D eigenvalue weighted by Gasteiger charge is 2.24. The molecule has 0 aromatic heterocycles. The minimum Gasteiger partial charge on any atom is -0.315 e. The summed E-state index contributed by atoms with van der Waals surface area (Å²) >= 11 is 2.13. The maximum absolute atomic E-state index is 3.48. The third kappa shape index (κ3) is 6.12. The van der Waals surface area contributed by atoms with Gasteiger partial charge in [-0.3, -0.25) is 4.90 Å². The SMILES string of the molecule is CC(C)NCCCCCN1CCSC(C)C1C. The van der Waals surface area contributed by atoms with E-state index in [9.17, 15) is 0 Å². The molecule has 1 fully saturated rings. The highest BCUT2D eigenvalue weighted by atomic mass is 32.2. The van der Waals surface area contributed by atoms with Crippen molar-refractivity contribution in [2.45, 2.75) is 64.3 Å². The van der Waals surface area contributed by atoms with Crippen LogP contribution >= 0.6 is 11.8 Å². The van der Waals surface area contributed by atoms with Gasteiger partial charge in [-0.05, 0) is 32.9 Å². The third-order valence-corrected chi connectivity index (χ3v) is 5.03. The van der Waals surface area contributed by atoms with Gasteiger partial charge in [0.15, 0.2) is 0 Å². The molecule has 0 aromatic carbocycles. The van der Waals surface area contributed by atoms with Crippen LogP contribution in [0.15, 0.2) is 0 Å². The fourth-order valence-corrected chi connectivity index (χ4v) is 3.48. The molecule has 2 unspecified atom stereocenters. The first-order valence-corrected chi connectivity index (χ1v) is 8.25. The van der Waals surface area contributed by atoms with Crippen molar-refractivity contribution >= 4 is 11.8 Å². The van der Waals surface area contributed by atoms with Crippen LogP contribution in [0.3, 0.4) is 0 Å². The Morgan fingerprint density at radius 3 is 2.71 bits per heavy atom. The van der Waals surface area contributed by atoms with Gasteiger partial charge in [0.25, 0.3) is 0 Å². The van der Waals surface area contributed by atoms with Crippen LogP contribution in [0.5, 0.6) is 0 Å². The Morgan fingerprint density at radius 2 is 2.00 bits per heavy atom. The van der Waals surface area contributed by atoms with E-state index in [-0.39, 0.29) is 0 Å². The summed E-state index contributed by atoms with van der Waals surface area (Å²) in [4.78, 5) is 2.68. The number of hydrogen-bond donors (Lipinski definition) is 1. The molecule has 0 aliphatic carbocycles. The van der Waals surface area contributed by atoms with Crippen LogP contribution in [0.2, 0.25) is 0 Å². The Morgan fingerprint density at radius 1 is 1.24 bits per heavy atom. The number of nitrogens with one attached hydrogen (secondary N) is 1. The highest BCUT2D eigenvalue weighted by Crippen LogP contribution is 2.24. The standard InChI is InChI=1S/C14H30N2S/c1-12(2)15-8-6-5-7-9-16-10-11-17-14(4)13(16)3/h12-15H,5-11H2,1-4H3. The largest absolute Gasteiger partial charge is 0.315 e. The van der Waals surface area contributed by atoms with E-state index >= 15 is 0 Å². The summed E-state index contributed by atoms with van der Waals surface area (Å²) in [5.74, 6) is 1.32. The zero-order chi connectivity index (χ0) is 12.7. The number of unbranched alkanes of at least 4 members (excludes halogenated alkanes) is 2. The van der Waals surface area contributed by atoms with E-state index < -0.39 is 0 Å². The molecule has 102 valence electrons. The van der Waals surface area contributed by atoms with Crippen molar-refractivity contribution in [3.05, 3.63) is 0 Å². The molecule has 1 aliphatic rings. The fraction of sp³-hybridized carbons (Fsp3) is 1.00. The van der Waals surface area contributed by atoms with Crippen molar-refractivity contribution in [3.8, 4) is 0 Å². The topological polar surface area (TPSA) is 15.3 Å². The van der Waals surface area contributed by atoms with Gasteiger partial charge in [-0.25, -0.2) is 0 Å².